The molecule has 1 aromatic heterocycles. The topological polar surface area (TPSA) is 116 Å². The lowest BCUT2D eigenvalue weighted by atomic mass is 10.0. The van der Waals surface area contributed by atoms with Crippen LogP contribution in [-0.2, 0) is 6.42 Å². The molecule has 8 heteroatoms. The molecule has 0 aliphatic carbocycles. The molecule has 2 heterocycles. The summed E-state index contributed by atoms with van der Waals surface area (Å²) in [6, 6.07) is 30.7. The molecule has 4 N–H and O–H groups in total. The Morgan fingerprint density at radius 1 is 0.976 bits per heavy atom. The number of Topliss-reactive ketones (excluding diaryl/α,β-unsaturated/α-hetero) is 1. The average Bonchev–Trinajstić information content (AvgIpc) is 3.62. The van der Waals surface area contributed by atoms with Crippen LogP contribution in [0.5, 0.6) is 17.2 Å². The number of hydrazine groups is 1. The zero-order valence-electron chi connectivity index (χ0n) is 23.3. The van der Waals surface area contributed by atoms with E-state index in [-0.39, 0.29) is 5.78 Å². The highest BCUT2D eigenvalue weighted by Crippen LogP contribution is 2.32. The number of rotatable bonds is 8. The summed E-state index contributed by atoms with van der Waals surface area (Å²) in [4.78, 5) is 17.0. The second-order valence-electron chi connectivity index (χ2n) is 10.1. The van der Waals surface area contributed by atoms with E-state index in [1.807, 2.05) is 61.5 Å². The standard InChI is InChI=1S/C34H29N5O3/c1-21-14-27(42-26-10-4-7-23(17-26)19-35)12-13-32(21)39-34(36)29(20-37-39)33(40)31-18-28-24(8-5-11-30(28)38-31)15-22-6-3-9-25(16-22)41-2/h3-14,16-18,37-38H,15,20,36H2,1-2H3. The quantitative estimate of drug-likeness (QED) is 0.198. The molecule has 0 unspecified atom stereocenters. The fourth-order valence-corrected chi connectivity index (χ4v) is 5.25. The molecule has 0 atom stereocenters. The van der Waals surface area contributed by atoms with Crippen LogP contribution < -0.4 is 25.6 Å². The Balaban J connectivity index is 1.23. The van der Waals surface area contributed by atoms with Gasteiger partial charge < -0.3 is 20.2 Å². The molecule has 0 bridgehead atoms. The summed E-state index contributed by atoms with van der Waals surface area (Å²) in [6.07, 6.45) is 0.711. The van der Waals surface area contributed by atoms with Crippen molar-refractivity contribution in [3.63, 3.8) is 0 Å². The lowest BCUT2D eigenvalue weighted by Gasteiger charge is -2.22. The minimum absolute atomic E-state index is 0.152. The first kappa shape index (κ1) is 26.7. The van der Waals surface area contributed by atoms with Gasteiger partial charge in [-0.15, -0.1) is 0 Å². The molecule has 6 rings (SSSR count). The highest BCUT2D eigenvalue weighted by atomic mass is 16.5. The average molecular weight is 556 g/mol. The number of nitriles is 1. The molecule has 0 saturated heterocycles. The summed E-state index contributed by atoms with van der Waals surface area (Å²) in [5, 5.41) is 11.9. The van der Waals surface area contributed by atoms with Crippen LogP contribution in [0, 0.1) is 18.3 Å². The minimum Gasteiger partial charge on any atom is -0.497 e. The number of nitrogens with one attached hydrogen (secondary N) is 2. The molecule has 0 saturated carbocycles. The highest BCUT2D eigenvalue weighted by molar-refractivity contribution is 6.11. The van der Waals surface area contributed by atoms with Crippen LogP contribution in [0.2, 0.25) is 0 Å². The van der Waals surface area contributed by atoms with Crippen molar-refractivity contribution in [2.24, 2.45) is 5.73 Å². The number of nitrogens with two attached hydrogens (primary N) is 1. The first-order valence-corrected chi connectivity index (χ1v) is 13.5. The monoisotopic (exact) mass is 555 g/mol. The maximum Gasteiger partial charge on any atom is 0.210 e. The first-order valence-electron chi connectivity index (χ1n) is 13.5. The Kier molecular flexibility index (Phi) is 7.09. The summed E-state index contributed by atoms with van der Waals surface area (Å²) < 4.78 is 11.3. The number of H-pyrrole nitrogens is 1. The fourth-order valence-electron chi connectivity index (χ4n) is 5.25. The van der Waals surface area contributed by atoms with E-state index in [1.54, 1.807) is 36.4 Å². The number of ether oxygens (including phenoxy) is 2. The van der Waals surface area contributed by atoms with Gasteiger partial charge in [0.05, 0.1) is 35.7 Å². The van der Waals surface area contributed by atoms with Crippen LogP contribution in [0.25, 0.3) is 10.9 Å². The number of fused-ring (bicyclic) bond motifs is 1. The van der Waals surface area contributed by atoms with Gasteiger partial charge in [-0.3, -0.25) is 9.80 Å². The molecule has 0 spiro atoms. The largest absolute Gasteiger partial charge is 0.497 e. The lowest BCUT2D eigenvalue weighted by Crippen LogP contribution is -2.35. The molecular formula is C34H29N5O3. The summed E-state index contributed by atoms with van der Waals surface area (Å²) in [7, 11) is 1.66. The van der Waals surface area contributed by atoms with Crippen molar-refractivity contribution >= 4 is 22.4 Å². The van der Waals surface area contributed by atoms with Crippen LogP contribution in [0.15, 0.2) is 102 Å². The van der Waals surface area contributed by atoms with Gasteiger partial charge in [0.15, 0.2) is 0 Å². The Labute approximate surface area is 243 Å². The molecular weight excluding hydrogens is 526 g/mol. The Bertz CT molecular complexity index is 1900. The van der Waals surface area contributed by atoms with E-state index >= 15 is 0 Å². The number of hydrogen-bond acceptors (Lipinski definition) is 7. The van der Waals surface area contributed by atoms with E-state index in [0.29, 0.717) is 47.1 Å². The SMILES string of the molecule is COc1cccc(Cc2cccc3[nH]c(C(=O)C4=C(N)N(c5ccc(Oc6cccc(C#N)c6)cc5C)NC4)cc23)c1. The number of carbonyl (C=O) groups is 1. The number of benzene rings is 4. The van der Waals surface area contributed by atoms with Gasteiger partial charge in [-0.1, -0.05) is 30.3 Å². The van der Waals surface area contributed by atoms with Gasteiger partial charge in [-0.2, -0.15) is 5.26 Å². The molecule has 5 aromatic rings. The van der Waals surface area contributed by atoms with Crippen LogP contribution in [0.4, 0.5) is 5.69 Å². The smallest absolute Gasteiger partial charge is 0.210 e. The molecule has 208 valence electrons. The van der Waals surface area contributed by atoms with E-state index in [1.165, 1.54) is 0 Å². The number of aromatic nitrogens is 1. The number of ketones is 1. The summed E-state index contributed by atoms with van der Waals surface area (Å²) in [5.41, 5.74) is 16.1. The Hall–Kier alpha value is -5.52. The van der Waals surface area contributed by atoms with Crippen LogP contribution in [0.1, 0.15) is 32.7 Å². The fraction of sp³-hybridized carbons (Fsp3) is 0.118. The number of anilines is 1. The first-order chi connectivity index (χ1) is 20.4. The van der Waals surface area contributed by atoms with Gasteiger partial charge >= 0.3 is 0 Å². The van der Waals surface area contributed by atoms with E-state index in [4.69, 9.17) is 20.5 Å². The summed E-state index contributed by atoms with van der Waals surface area (Å²) in [6.45, 7) is 2.25. The van der Waals surface area contributed by atoms with Crippen molar-refractivity contribution in [3.8, 4) is 23.3 Å². The predicted molar refractivity (Wildman–Crippen MR) is 163 cm³/mol. The van der Waals surface area contributed by atoms with Crippen LogP contribution in [0.3, 0.4) is 0 Å². The van der Waals surface area contributed by atoms with Crippen molar-refractivity contribution < 1.29 is 14.3 Å². The Morgan fingerprint density at radius 3 is 2.57 bits per heavy atom. The van der Waals surface area contributed by atoms with Crippen molar-refractivity contribution in [2.75, 3.05) is 18.7 Å². The molecule has 0 amide bonds. The van der Waals surface area contributed by atoms with Crippen molar-refractivity contribution in [2.45, 2.75) is 13.3 Å². The molecule has 1 aliphatic heterocycles. The van der Waals surface area contributed by atoms with E-state index in [2.05, 4.69) is 28.6 Å². The van der Waals surface area contributed by atoms with Crippen molar-refractivity contribution in [1.29, 1.82) is 5.26 Å². The lowest BCUT2D eigenvalue weighted by molar-refractivity contribution is 0.102. The van der Waals surface area contributed by atoms with Crippen LogP contribution >= 0.6 is 0 Å². The number of carbonyl (C=O) groups excluding carboxylic acids is 1. The summed E-state index contributed by atoms with van der Waals surface area (Å²) >= 11 is 0. The van der Waals surface area contributed by atoms with E-state index in [9.17, 15) is 4.79 Å². The van der Waals surface area contributed by atoms with Gasteiger partial charge in [-0.05, 0) is 90.7 Å². The van der Waals surface area contributed by atoms with E-state index < -0.39 is 0 Å². The normalized spacial score (nSPS) is 12.9. The zero-order valence-corrected chi connectivity index (χ0v) is 23.3. The Morgan fingerprint density at radius 2 is 1.76 bits per heavy atom. The summed E-state index contributed by atoms with van der Waals surface area (Å²) in [5.74, 6) is 2.23. The number of aromatic amines is 1. The number of nitrogens with zero attached hydrogens (tertiary/aromatic N) is 2. The van der Waals surface area contributed by atoms with Crippen molar-refractivity contribution in [3.05, 3.63) is 130 Å². The zero-order chi connectivity index (χ0) is 29.2. The molecule has 0 radical (unpaired) electrons. The predicted octanol–water partition coefficient (Wildman–Crippen LogP) is 6.12. The molecule has 0 fully saturated rings. The third kappa shape index (κ3) is 5.17. The number of hydrogen-bond donors (Lipinski definition) is 3. The molecule has 1 aliphatic rings. The van der Waals surface area contributed by atoms with Gasteiger partial charge in [0.2, 0.25) is 5.78 Å². The molecule has 42 heavy (non-hydrogen) atoms. The van der Waals surface area contributed by atoms with Gasteiger partial charge in [0, 0.05) is 17.4 Å². The second-order valence-corrected chi connectivity index (χ2v) is 10.1. The van der Waals surface area contributed by atoms with Gasteiger partial charge in [-0.25, -0.2) is 5.43 Å². The van der Waals surface area contributed by atoms with Crippen LogP contribution in [-0.4, -0.2) is 24.4 Å². The number of aryl methyl sites for hydroxylation is 1. The third-order valence-corrected chi connectivity index (χ3v) is 7.37. The minimum atomic E-state index is -0.152. The molecule has 8 nitrogen and oxygen atoms in total. The maximum atomic E-state index is 13.7. The molecule has 4 aromatic carbocycles. The maximum absolute atomic E-state index is 13.7. The van der Waals surface area contributed by atoms with Crippen molar-refractivity contribution in [1.82, 2.24) is 10.4 Å². The van der Waals surface area contributed by atoms with Gasteiger partial charge in [0.25, 0.3) is 0 Å². The second kappa shape index (κ2) is 11.2. The van der Waals surface area contributed by atoms with Gasteiger partial charge in [0.1, 0.15) is 23.1 Å². The van der Waals surface area contributed by atoms with E-state index in [0.717, 1.165) is 39.0 Å². The highest BCUT2D eigenvalue weighted by Gasteiger charge is 2.28. The third-order valence-electron chi connectivity index (χ3n) is 7.37. The number of methoxy groups -OCH3 is 1.